The highest BCUT2D eigenvalue weighted by molar-refractivity contribution is 7.88. The third kappa shape index (κ3) is 3.90. The SMILES string of the molecule is CS(=O)(=O)NC1CCN(C(=O)C2CNC(=O)C2)CC1. The van der Waals surface area contributed by atoms with Crippen LogP contribution in [0.3, 0.4) is 0 Å². The topological polar surface area (TPSA) is 95.6 Å². The van der Waals surface area contributed by atoms with Gasteiger partial charge in [-0.15, -0.1) is 0 Å². The van der Waals surface area contributed by atoms with Crippen molar-refractivity contribution in [2.24, 2.45) is 5.92 Å². The second kappa shape index (κ2) is 5.46. The van der Waals surface area contributed by atoms with Gasteiger partial charge in [0.15, 0.2) is 0 Å². The van der Waals surface area contributed by atoms with Crippen LogP contribution in [0.1, 0.15) is 19.3 Å². The Morgan fingerprint density at radius 3 is 2.47 bits per heavy atom. The minimum Gasteiger partial charge on any atom is -0.355 e. The van der Waals surface area contributed by atoms with Crippen molar-refractivity contribution < 1.29 is 18.0 Å². The van der Waals surface area contributed by atoms with E-state index in [1.165, 1.54) is 0 Å². The summed E-state index contributed by atoms with van der Waals surface area (Å²) in [6.07, 6.45) is 2.64. The summed E-state index contributed by atoms with van der Waals surface area (Å²) < 4.78 is 24.8. The van der Waals surface area contributed by atoms with Crippen molar-refractivity contribution >= 4 is 21.8 Å². The van der Waals surface area contributed by atoms with Crippen LogP contribution in [0.5, 0.6) is 0 Å². The Morgan fingerprint density at radius 2 is 2.00 bits per heavy atom. The van der Waals surface area contributed by atoms with E-state index in [0.717, 1.165) is 6.26 Å². The normalized spacial score (nSPS) is 25.4. The summed E-state index contributed by atoms with van der Waals surface area (Å²) in [5.74, 6) is -0.338. The fourth-order valence-corrected chi connectivity index (χ4v) is 3.40. The van der Waals surface area contributed by atoms with Gasteiger partial charge in [-0.2, -0.15) is 0 Å². The molecule has 2 saturated heterocycles. The van der Waals surface area contributed by atoms with E-state index in [1.807, 2.05) is 0 Å². The molecule has 7 nitrogen and oxygen atoms in total. The lowest BCUT2D eigenvalue weighted by Crippen LogP contribution is -2.48. The third-order valence-electron chi connectivity index (χ3n) is 3.51. The zero-order chi connectivity index (χ0) is 14.0. The highest BCUT2D eigenvalue weighted by Crippen LogP contribution is 2.17. The molecule has 2 fully saturated rings. The molecular formula is C11H19N3O4S. The molecule has 0 aromatic carbocycles. The van der Waals surface area contributed by atoms with Gasteiger partial charge in [-0.3, -0.25) is 9.59 Å². The number of carbonyl (C=O) groups excluding carboxylic acids is 2. The van der Waals surface area contributed by atoms with Gasteiger partial charge in [0.2, 0.25) is 21.8 Å². The maximum absolute atomic E-state index is 12.1. The molecule has 1 atom stereocenters. The number of nitrogens with zero attached hydrogens (tertiary/aromatic N) is 1. The number of carbonyl (C=O) groups is 2. The van der Waals surface area contributed by atoms with Crippen molar-refractivity contribution in [2.45, 2.75) is 25.3 Å². The van der Waals surface area contributed by atoms with Gasteiger partial charge in [-0.25, -0.2) is 13.1 Å². The van der Waals surface area contributed by atoms with Crippen LogP contribution in [0.15, 0.2) is 0 Å². The van der Waals surface area contributed by atoms with Crippen LogP contribution in [-0.2, 0) is 19.6 Å². The molecule has 1 unspecified atom stereocenters. The number of rotatable bonds is 3. The van der Waals surface area contributed by atoms with E-state index in [0.29, 0.717) is 32.5 Å². The Bertz CT molecular complexity index is 468. The summed E-state index contributed by atoms with van der Waals surface area (Å²) >= 11 is 0. The molecule has 19 heavy (non-hydrogen) atoms. The average molecular weight is 289 g/mol. The van der Waals surface area contributed by atoms with Crippen LogP contribution in [0.25, 0.3) is 0 Å². The molecule has 0 radical (unpaired) electrons. The molecule has 2 heterocycles. The van der Waals surface area contributed by atoms with Crippen LogP contribution in [0.2, 0.25) is 0 Å². The van der Waals surface area contributed by atoms with Crippen LogP contribution in [0, 0.1) is 5.92 Å². The Kier molecular flexibility index (Phi) is 4.10. The molecule has 0 spiro atoms. The van der Waals surface area contributed by atoms with E-state index in [1.54, 1.807) is 4.90 Å². The lowest BCUT2D eigenvalue weighted by Gasteiger charge is -2.33. The lowest BCUT2D eigenvalue weighted by molar-refractivity contribution is -0.136. The Balaban J connectivity index is 1.83. The molecule has 2 aliphatic heterocycles. The first kappa shape index (κ1) is 14.3. The summed E-state index contributed by atoms with van der Waals surface area (Å²) in [6, 6.07) is -0.0950. The minimum atomic E-state index is -3.19. The first-order valence-electron chi connectivity index (χ1n) is 6.38. The van der Waals surface area contributed by atoms with Crippen LogP contribution < -0.4 is 10.0 Å². The van der Waals surface area contributed by atoms with Crippen molar-refractivity contribution in [2.75, 3.05) is 25.9 Å². The number of likely N-dealkylation sites (tertiary alicyclic amines) is 1. The number of amides is 2. The highest BCUT2D eigenvalue weighted by atomic mass is 32.2. The number of hydrogen-bond acceptors (Lipinski definition) is 4. The fraction of sp³-hybridized carbons (Fsp3) is 0.818. The molecule has 0 aliphatic carbocycles. The first-order valence-corrected chi connectivity index (χ1v) is 8.27. The second-order valence-electron chi connectivity index (χ2n) is 5.19. The Morgan fingerprint density at radius 1 is 1.37 bits per heavy atom. The molecule has 0 bridgehead atoms. The van der Waals surface area contributed by atoms with Crippen molar-refractivity contribution in [1.82, 2.24) is 14.9 Å². The summed E-state index contributed by atoms with van der Waals surface area (Å²) in [7, 11) is -3.19. The molecule has 0 saturated carbocycles. The third-order valence-corrected chi connectivity index (χ3v) is 4.28. The maximum atomic E-state index is 12.1. The monoisotopic (exact) mass is 289 g/mol. The molecule has 8 heteroatoms. The summed E-state index contributed by atoms with van der Waals surface area (Å²) in [5, 5.41) is 2.65. The number of hydrogen-bond donors (Lipinski definition) is 2. The van der Waals surface area contributed by atoms with E-state index in [9.17, 15) is 18.0 Å². The quantitative estimate of drug-likeness (QED) is 0.672. The average Bonchev–Trinajstić information content (AvgIpc) is 2.74. The van der Waals surface area contributed by atoms with Crippen molar-refractivity contribution in [3.05, 3.63) is 0 Å². The van der Waals surface area contributed by atoms with E-state index in [4.69, 9.17) is 0 Å². The summed E-state index contributed by atoms with van der Waals surface area (Å²) in [4.78, 5) is 25.0. The second-order valence-corrected chi connectivity index (χ2v) is 6.97. The van der Waals surface area contributed by atoms with Gasteiger partial charge >= 0.3 is 0 Å². The predicted molar refractivity (Wildman–Crippen MR) is 68.7 cm³/mol. The molecule has 2 aliphatic rings. The van der Waals surface area contributed by atoms with E-state index < -0.39 is 10.0 Å². The molecule has 0 aromatic rings. The maximum Gasteiger partial charge on any atom is 0.227 e. The molecule has 2 rings (SSSR count). The van der Waals surface area contributed by atoms with Crippen LogP contribution in [0.4, 0.5) is 0 Å². The minimum absolute atomic E-state index is 0.00356. The molecule has 2 amide bonds. The zero-order valence-corrected chi connectivity index (χ0v) is 11.7. The van der Waals surface area contributed by atoms with Gasteiger partial charge < -0.3 is 10.2 Å². The lowest BCUT2D eigenvalue weighted by atomic mass is 10.0. The van der Waals surface area contributed by atoms with Gasteiger partial charge in [-0.05, 0) is 12.8 Å². The van der Waals surface area contributed by atoms with Crippen LogP contribution >= 0.6 is 0 Å². The molecular weight excluding hydrogens is 270 g/mol. The van der Waals surface area contributed by atoms with Gasteiger partial charge in [0.1, 0.15) is 0 Å². The van der Waals surface area contributed by atoms with Crippen molar-refractivity contribution in [3.63, 3.8) is 0 Å². The highest BCUT2D eigenvalue weighted by Gasteiger charge is 2.33. The van der Waals surface area contributed by atoms with Gasteiger partial charge in [-0.1, -0.05) is 0 Å². The van der Waals surface area contributed by atoms with Gasteiger partial charge in [0, 0.05) is 32.1 Å². The molecule has 108 valence electrons. The van der Waals surface area contributed by atoms with Crippen molar-refractivity contribution in [3.8, 4) is 0 Å². The largest absolute Gasteiger partial charge is 0.355 e. The van der Waals surface area contributed by atoms with E-state index >= 15 is 0 Å². The fourth-order valence-electron chi connectivity index (χ4n) is 2.56. The Hall–Kier alpha value is -1.15. The van der Waals surface area contributed by atoms with E-state index in [2.05, 4.69) is 10.0 Å². The first-order chi connectivity index (χ1) is 8.85. The molecule has 0 aromatic heterocycles. The summed E-state index contributed by atoms with van der Waals surface area (Å²) in [5.41, 5.74) is 0. The number of nitrogens with one attached hydrogen (secondary N) is 2. The number of piperidine rings is 1. The molecule has 2 N–H and O–H groups in total. The number of sulfonamides is 1. The van der Waals surface area contributed by atoms with Crippen LogP contribution in [-0.4, -0.2) is 57.1 Å². The van der Waals surface area contributed by atoms with E-state index in [-0.39, 0.29) is 30.2 Å². The van der Waals surface area contributed by atoms with Crippen molar-refractivity contribution in [1.29, 1.82) is 0 Å². The smallest absolute Gasteiger partial charge is 0.227 e. The Labute approximate surface area is 112 Å². The van der Waals surface area contributed by atoms with Gasteiger partial charge in [0.25, 0.3) is 0 Å². The standard InChI is InChI=1S/C11H19N3O4S/c1-19(17,18)13-9-2-4-14(5-3-9)11(16)8-6-10(15)12-7-8/h8-9,13H,2-7H2,1H3,(H,12,15). The summed E-state index contributed by atoms with van der Waals surface area (Å²) in [6.45, 7) is 1.49. The van der Waals surface area contributed by atoms with Gasteiger partial charge in [0.05, 0.1) is 12.2 Å². The predicted octanol–water partition coefficient (Wildman–Crippen LogP) is -1.34. The zero-order valence-electron chi connectivity index (χ0n) is 10.9.